The second kappa shape index (κ2) is 7.51. The average molecular weight is 293 g/mol. The number of ether oxygens (including phenoxy) is 1. The Morgan fingerprint density at radius 1 is 1.27 bits per heavy atom. The molecule has 0 N–H and O–H groups in total. The lowest BCUT2D eigenvalue weighted by Gasteiger charge is -2.26. The zero-order valence-electron chi connectivity index (χ0n) is 13.5. The van der Waals surface area contributed by atoms with Gasteiger partial charge in [-0.3, -0.25) is 0 Å². The molecule has 1 aromatic carbocycles. The van der Waals surface area contributed by atoms with Crippen molar-refractivity contribution in [3.05, 3.63) is 84.3 Å². The van der Waals surface area contributed by atoms with Gasteiger partial charge in [0.25, 0.3) is 0 Å². The van der Waals surface area contributed by atoms with Crippen molar-refractivity contribution < 1.29 is 4.74 Å². The molecular formula is C20H23NO. The third kappa shape index (κ3) is 3.59. The van der Waals surface area contributed by atoms with Crippen LogP contribution in [-0.2, 0) is 0 Å². The molecule has 0 aliphatic heterocycles. The Labute approximate surface area is 133 Å². The highest BCUT2D eigenvalue weighted by molar-refractivity contribution is 5.69. The van der Waals surface area contributed by atoms with Crippen LogP contribution in [0.15, 0.2) is 78.7 Å². The van der Waals surface area contributed by atoms with Gasteiger partial charge >= 0.3 is 0 Å². The molecule has 0 radical (unpaired) electrons. The van der Waals surface area contributed by atoms with Crippen LogP contribution < -0.4 is 4.74 Å². The highest BCUT2D eigenvalue weighted by Gasteiger charge is 2.15. The summed E-state index contributed by atoms with van der Waals surface area (Å²) in [5.41, 5.74) is 4.33. The minimum absolute atomic E-state index is 0.832. The lowest BCUT2D eigenvalue weighted by molar-refractivity contribution is 0.412. The quantitative estimate of drug-likeness (QED) is 0.731. The van der Waals surface area contributed by atoms with Gasteiger partial charge in [-0.2, -0.15) is 0 Å². The van der Waals surface area contributed by atoms with E-state index in [0.29, 0.717) is 0 Å². The van der Waals surface area contributed by atoms with Crippen molar-refractivity contribution in [2.75, 3.05) is 7.11 Å². The van der Waals surface area contributed by atoms with E-state index in [9.17, 15) is 0 Å². The summed E-state index contributed by atoms with van der Waals surface area (Å²) in [6, 6.07) is 7.96. The summed E-state index contributed by atoms with van der Waals surface area (Å²) in [4.78, 5) is 2.12. The van der Waals surface area contributed by atoms with E-state index in [4.69, 9.17) is 4.74 Å². The maximum absolute atomic E-state index is 5.47. The van der Waals surface area contributed by atoms with Crippen LogP contribution in [0.3, 0.4) is 0 Å². The van der Waals surface area contributed by atoms with Crippen LogP contribution in [0.4, 0.5) is 0 Å². The van der Waals surface area contributed by atoms with E-state index in [1.807, 2.05) is 43.5 Å². The number of benzene rings is 1. The van der Waals surface area contributed by atoms with Gasteiger partial charge in [0, 0.05) is 29.6 Å². The van der Waals surface area contributed by atoms with E-state index in [-0.39, 0.29) is 0 Å². The predicted molar refractivity (Wildman–Crippen MR) is 94.3 cm³/mol. The summed E-state index contributed by atoms with van der Waals surface area (Å²) in [5.74, 6) is 0.832. The van der Waals surface area contributed by atoms with Gasteiger partial charge in [-0.1, -0.05) is 48.6 Å². The minimum atomic E-state index is 0.832. The summed E-state index contributed by atoms with van der Waals surface area (Å²) in [6.45, 7) is 8.40. The lowest BCUT2D eigenvalue weighted by Crippen LogP contribution is -2.14. The van der Waals surface area contributed by atoms with Crippen molar-refractivity contribution in [3.8, 4) is 5.75 Å². The molecule has 2 heteroatoms. The third-order valence-electron chi connectivity index (χ3n) is 3.56. The van der Waals surface area contributed by atoms with Gasteiger partial charge in [-0.25, -0.2) is 0 Å². The molecule has 0 bridgehead atoms. The zero-order chi connectivity index (χ0) is 15.9. The average Bonchev–Trinajstić information content (AvgIpc) is 2.76. The Morgan fingerprint density at radius 2 is 2.05 bits per heavy atom. The van der Waals surface area contributed by atoms with Crippen LogP contribution in [0.1, 0.15) is 25.8 Å². The molecule has 0 unspecified atom stereocenters. The monoisotopic (exact) mass is 293 g/mol. The van der Waals surface area contributed by atoms with Gasteiger partial charge in [0.2, 0.25) is 0 Å². The van der Waals surface area contributed by atoms with Gasteiger partial charge in [0.05, 0.1) is 7.11 Å². The first kappa shape index (κ1) is 15.9. The van der Waals surface area contributed by atoms with Crippen LogP contribution >= 0.6 is 0 Å². The maximum Gasteiger partial charge on any atom is 0.128 e. The van der Waals surface area contributed by atoms with E-state index in [1.165, 1.54) is 11.3 Å². The molecule has 0 aromatic heterocycles. The van der Waals surface area contributed by atoms with Crippen molar-refractivity contribution in [2.24, 2.45) is 0 Å². The van der Waals surface area contributed by atoms with Crippen molar-refractivity contribution in [1.29, 1.82) is 0 Å². The number of methoxy groups -OCH3 is 1. The number of allylic oxidation sites excluding steroid dienone is 6. The summed E-state index contributed by atoms with van der Waals surface area (Å²) in [5, 5.41) is 0. The van der Waals surface area contributed by atoms with E-state index in [2.05, 4.69) is 42.7 Å². The van der Waals surface area contributed by atoms with Gasteiger partial charge in [0.15, 0.2) is 0 Å². The molecule has 0 spiro atoms. The number of hydrogen-bond acceptors (Lipinski definition) is 2. The molecule has 0 saturated carbocycles. The van der Waals surface area contributed by atoms with Crippen LogP contribution in [0.5, 0.6) is 5.75 Å². The standard InChI is InChI=1S/C20H23NO/c1-5-15-21(18-10-8-9-16(2)13-14-18)17(3)19-11-6-7-12-20(19)22-4/h5-9,11-15H,3,10H2,1-2,4H3/b15-5-. The van der Waals surface area contributed by atoms with Crippen molar-refractivity contribution >= 4 is 5.70 Å². The summed E-state index contributed by atoms with van der Waals surface area (Å²) in [6.07, 6.45) is 13.5. The van der Waals surface area contributed by atoms with Gasteiger partial charge < -0.3 is 9.64 Å². The molecule has 22 heavy (non-hydrogen) atoms. The van der Waals surface area contributed by atoms with E-state index >= 15 is 0 Å². The van der Waals surface area contributed by atoms with E-state index in [0.717, 1.165) is 23.4 Å². The zero-order valence-corrected chi connectivity index (χ0v) is 13.5. The Morgan fingerprint density at radius 3 is 2.77 bits per heavy atom. The molecule has 1 aromatic rings. The van der Waals surface area contributed by atoms with Crippen molar-refractivity contribution in [2.45, 2.75) is 20.3 Å². The Hall–Kier alpha value is -2.48. The molecule has 0 fully saturated rings. The second-order valence-electron chi connectivity index (χ2n) is 5.17. The fraction of sp³-hybridized carbons (Fsp3) is 0.200. The fourth-order valence-electron chi connectivity index (χ4n) is 2.42. The van der Waals surface area contributed by atoms with Crippen LogP contribution in [0.25, 0.3) is 5.70 Å². The first-order valence-electron chi connectivity index (χ1n) is 7.45. The Bertz CT molecular complexity index is 662. The van der Waals surface area contributed by atoms with E-state index in [1.54, 1.807) is 7.11 Å². The van der Waals surface area contributed by atoms with Crippen LogP contribution in [-0.4, -0.2) is 12.0 Å². The molecule has 0 atom stereocenters. The minimum Gasteiger partial charge on any atom is -0.496 e. The van der Waals surface area contributed by atoms with Gasteiger partial charge in [-0.05, 0) is 32.1 Å². The van der Waals surface area contributed by atoms with E-state index < -0.39 is 0 Å². The number of rotatable bonds is 5. The number of nitrogens with zero attached hydrogens (tertiary/aromatic N) is 1. The second-order valence-corrected chi connectivity index (χ2v) is 5.17. The largest absolute Gasteiger partial charge is 0.496 e. The highest BCUT2D eigenvalue weighted by atomic mass is 16.5. The molecular weight excluding hydrogens is 270 g/mol. The molecule has 0 heterocycles. The van der Waals surface area contributed by atoms with Crippen LogP contribution in [0.2, 0.25) is 0 Å². The first-order valence-corrected chi connectivity index (χ1v) is 7.45. The molecule has 2 rings (SSSR count). The topological polar surface area (TPSA) is 12.5 Å². The SMILES string of the molecule is C=C(c1ccccc1OC)N(/C=C\C)C1=CC=C(C)C=CC1. The first-order chi connectivity index (χ1) is 10.7. The predicted octanol–water partition coefficient (Wildman–Crippen LogP) is 5.29. The number of para-hydroxylation sites is 1. The Balaban J connectivity index is 2.40. The van der Waals surface area contributed by atoms with Crippen LogP contribution in [0, 0.1) is 0 Å². The molecule has 114 valence electrons. The molecule has 0 saturated heterocycles. The smallest absolute Gasteiger partial charge is 0.128 e. The molecule has 1 aliphatic carbocycles. The Kier molecular flexibility index (Phi) is 5.42. The van der Waals surface area contributed by atoms with Crippen molar-refractivity contribution in [3.63, 3.8) is 0 Å². The number of hydrogen-bond donors (Lipinski definition) is 0. The van der Waals surface area contributed by atoms with Gasteiger partial charge in [0.1, 0.15) is 5.75 Å². The summed E-state index contributed by atoms with van der Waals surface area (Å²) >= 11 is 0. The molecule has 2 nitrogen and oxygen atoms in total. The third-order valence-corrected chi connectivity index (χ3v) is 3.56. The summed E-state index contributed by atoms with van der Waals surface area (Å²) < 4.78 is 5.47. The summed E-state index contributed by atoms with van der Waals surface area (Å²) in [7, 11) is 1.69. The maximum atomic E-state index is 5.47. The highest BCUT2D eigenvalue weighted by Crippen LogP contribution is 2.31. The molecule has 1 aliphatic rings. The fourth-order valence-corrected chi connectivity index (χ4v) is 2.42. The normalized spacial score (nSPS) is 14.3. The van der Waals surface area contributed by atoms with Crippen molar-refractivity contribution in [1.82, 2.24) is 4.90 Å². The lowest BCUT2D eigenvalue weighted by atomic mass is 10.1. The molecule has 0 amide bonds. The van der Waals surface area contributed by atoms with Gasteiger partial charge in [-0.15, -0.1) is 0 Å².